The van der Waals surface area contributed by atoms with Crippen LogP contribution in [0.25, 0.3) is 11.0 Å². The van der Waals surface area contributed by atoms with E-state index >= 15 is 0 Å². The number of piperazine rings is 1. The highest BCUT2D eigenvalue weighted by molar-refractivity contribution is 5.77. The summed E-state index contributed by atoms with van der Waals surface area (Å²) in [7, 11) is 4.36. The number of carbonyl (C=O) groups excluding carboxylic acids is 1. The predicted octanol–water partition coefficient (Wildman–Crippen LogP) is 0.958. The molecular weight excluding hydrogens is 342 g/mol. The summed E-state index contributed by atoms with van der Waals surface area (Å²) in [5.41, 5.74) is 1.65. The molecule has 2 saturated heterocycles. The smallest absolute Gasteiger partial charge is 0.326 e. The van der Waals surface area contributed by atoms with Gasteiger partial charge in [-0.1, -0.05) is 12.1 Å². The van der Waals surface area contributed by atoms with Gasteiger partial charge in [0.1, 0.15) is 0 Å². The van der Waals surface area contributed by atoms with Gasteiger partial charge in [-0.3, -0.25) is 14.3 Å². The number of fused-ring (bicyclic) bond motifs is 1. The summed E-state index contributed by atoms with van der Waals surface area (Å²) in [5.74, 6) is 0.151. The summed E-state index contributed by atoms with van der Waals surface area (Å²) in [6.07, 6.45) is 2.57. The van der Waals surface area contributed by atoms with Crippen molar-refractivity contribution in [2.75, 3.05) is 46.8 Å². The molecule has 0 unspecified atom stereocenters. The van der Waals surface area contributed by atoms with Gasteiger partial charge in [0.15, 0.2) is 0 Å². The van der Waals surface area contributed by atoms with Crippen molar-refractivity contribution in [2.24, 2.45) is 0 Å². The Hall–Kier alpha value is -2.12. The molecule has 4 rings (SSSR count). The first-order valence-corrected chi connectivity index (χ1v) is 9.84. The van der Waals surface area contributed by atoms with Crippen LogP contribution in [0.3, 0.4) is 0 Å². The van der Waals surface area contributed by atoms with Gasteiger partial charge in [0, 0.05) is 38.1 Å². The minimum Gasteiger partial charge on any atom is -0.339 e. The van der Waals surface area contributed by atoms with Gasteiger partial charge < -0.3 is 14.8 Å². The lowest BCUT2D eigenvalue weighted by atomic mass is 9.84. The maximum atomic E-state index is 12.9. The highest BCUT2D eigenvalue weighted by atomic mass is 16.2. The summed E-state index contributed by atoms with van der Waals surface area (Å²) < 4.78 is 1.68. The van der Waals surface area contributed by atoms with E-state index in [2.05, 4.69) is 28.9 Å². The van der Waals surface area contributed by atoms with Crippen molar-refractivity contribution in [2.45, 2.75) is 31.3 Å². The monoisotopic (exact) mass is 371 g/mol. The van der Waals surface area contributed by atoms with Crippen LogP contribution < -0.4 is 5.69 Å². The molecule has 7 heteroatoms. The lowest BCUT2D eigenvalue weighted by molar-refractivity contribution is -0.138. The SMILES string of the molecule is CN1CCC2(CC1)CN(C(=O)CCn1c(=O)[nH]c3ccccc31)CCN2C. The quantitative estimate of drug-likeness (QED) is 0.873. The number of aromatic amines is 1. The predicted molar refractivity (Wildman–Crippen MR) is 106 cm³/mol. The van der Waals surface area contributed by atoms with Gasteiger partial charge in [-0.05, 0) is 52.2 Å². The first-order valence-electron chi connectivity index (χ1n) is 9.84. The van der Waals surface area contributed by atoms with Crippen LogP contribution >= 0.6 is 0 Å². The number of para-hydroxylation sites is 2. The number of likely N-dealkylation sites (N-methyl/N-ethyl adjacent to an activating group) is 1. The molecule has 1 aromatic heterocycles. The first kappa shape index (κ1) is 18.3. The van der Waals surface area contributed by atoms with E-state index in [0.29, 0.717) is 13.0 Å². The minimum atomic E-state index is -0.144. The average molecular weight is 371 g/mol. The zero-order valence-corrected chi connectivity index (χ0v) is 16.3. The molecular formula is C20H29N5O2. The Labute approximate surface area is 159 Å². The van der Waals surface area contributed by atoms with Crippen molar-refractivity contribution >= 4 is 16.9 Å². The fourth-order valence-corrected chi connectivity index (χ4v) is 4.54. The number of aromatic nitrogens is 2. The number of benzene rings is 1. The summed E-state index contributed by atoms with van der Waals surface area (Å²) >= 11 is 0. The van der Waals surface area contributed by atoms with Gasteiger partial charge in [0.2, 0.25) is 5.91 Å². The molecule has 3 heterocycles. The summed E-state index contributed by atoms with van der Waals surface area (Å²) in [6.45, 7) is 5.08. The van der Waals surface area contributed by atoms with Gasteiger partial charge in [-0.25, -0.2) is 4.79 Å². The first-order chi connectivity index (χ1) is 13.0. The molecule has 0 aliphatic carbocycles. The topological polar surface area (TPSA) is 64.6 Å². The lowest BCUT2D eigenvalue weighted by Gasteiger charge is -2.52. The van der Waals surface area contributed by atoms with Gasteiger partial charge in [0.05, 0.1) is 11.0 Å². The van der Waals surface area contributed by atoms with Crippen LogP contribution in [0.15, 0.2) is 29.1 Å². The molecule has 0 bridgehead atoms. The summed E-state index contributed by atoms with van der Waals surface area (Å²) in [4.78, 5) is 34.8. The molecule has 2 aromatic rings. The third-order valence-corrected chi connectivity index (χ3v) is 6.50. The summed E-state index contributed by atoms with van der Waals surface area (Å²) in [6, 6.07) is 7.62. The van der Waals surface area contributed by atoms with Gasteiger partial charge in [0.25, 0.3) is 0 Å². The van der Waals surface area contributed by atoms with E-state index in [1.807, 2.05) is 29.2 Å². The molecule has 0 saturated carbocycles. The van der Waals surface area contributed by atoms with E-state index in [1.54, 1.807) is 4.57 Å². The van der Waals surface area contributed by atoms with E-state index in [0.717, 1.165) is 56.6 Å². The molecule has 1 amide bonds. The largest absolute Gasteiger partial charge is 0.339 e. The Bertz CT molecular complexity index is 878. The number of rotatable bonds is 3. The molecule has 1 aromatic carbocycles. The van der Waals surface area contributed by atoms with Crippen LogP contribution in [-0.2, 0) is 11.3 Å². The van der Waals surface area contributed by atoms with Crippen molar-refractivity contribution in [1.29, 1.82) is 0 Å². The van der Waals surface area contributed by atoms with Crippen molar-refractivity contribution < 1.29 is 4.79 Å². The van der Waals surface area contributed by atoms with Gasteiger partial charge in [-0.15, -0.1) is 0 Å². The number of imidazole rings is 1. The molecule has 1 N–H and O–H groups in total. The number of H-pyrrole nitrogens is 1. The Balaban J connectivity index is 1.44. The van der Waals surface area contributed by atoms with Gasteiger partial charge in [-0.2, -0.15) is 0 Å². The number of hydrogen-bond donors (Lipinski definition) is 1. The van der Waals surface area contributed by atoms with Crippen LogP contribution in [0, 0.1) is 0 Å². The van der Waals surface area contributed by atoms with Crippen molar-refractivity contribution in [3.8, 4) is 0 Å². The number of piperidine rings is 1. The molecule has 27 heavy (non-hydrogen) atoms. The minimum absolute atomic E-state index is 0.109. The molecule has 7 nitrogen and oxygen atoms in total. The normalized spacial score (nSPS) is 21.2. The maximum Gasteiger partial charge on any atom is 0.326 e. The Morgan fingerprint density at radius 3 is 2.63 bits per heavy atom. The zero-order valence-electron chi connectivity index (χ0n) is 16.3. The molecule has 2 fully saturated rings. The summed E-state index contributed by atoms with van der Waals surface area (Å²) in [5, 5.41) is 0. The highest BCUT2D eigenvalue weighted by Crippen LogP contribution is 2.31. The van der Waals surface area contributed by atoms with Crippen LogP contribution in [-0.4, -0.2) is 82.5 Å². The van der Waals surface area contributed by atoms with E-state index in [9.17, 15) is 9.59 Å². The van der Waals surface area contributed by atoms with Crippen LogP contribution in [0.2, 0.25) is 0 Å². The van der Waals surface area contributed by atoms with E-state index < -0.39 is 0 Å². The van der Waals surface area contributed by atoms with E-state index in [1.165, 1.54) is 0 Å². The average Bonchev–Trinajstić information content (AvgIpc) is 2.99. The lowest BCUT2D eigenvalue weighted by Crippen LogP contribution is -2.65. The molecule has 0 radical (unpaired) electrons. The molecule has 146 valence electrons. The number of aryl methyl sites for hydroxylation is 1. The van der Waals surface area contributed by atoms with Crippen molar-refractivity contribution in [3.05, 3.63) is 34.7 Å². The van der Waals surface area contributed by atoms with Gasteiger partial charge >= 0.3 is 5.69 Å². The highest BCUT2D eigenvalue weighted by Gasteiger charge is 2.42. The van der Waals surface area contributed by atoms with Crippen LogP contribution in [0.1, 0.15) is 19.3 Å². The number of nitrogens with zero attached hydrogens (tertiary/aromatic N) is 4. The second kappa shape index (κ2) is 7.13. The molecule has 2 aliphatic rings. The van der Waals surface area contributed by atoms with Crippen LogP contribution in [0.5, 0.6) is 0 Å². The number of nitrogens with one attached hydrogen (secondary N) is 1. The third-order valence-electron chi connectivity index (χ3n) is 6.50. The maximum absolute atomic E-state index is 12.9. The number of amides is 1. The Morgan fingerprint density at radius 2 is 1.85 bits per heavy atom. The third kappa shape index (κ3) is 3.41. The van der Waals surface area contributed by atoms with Crippen LogP contribution in [0.4, 0.5) is 0 Å². The molecule has 2 aliphatic heterocycles. The number of hydrogen-bond acceptors (Lipinski definition) is 4. The standard InChI is InChI=1S/C20H29N5O2/c1-22-11-8-20(9-12-22)15-24(14-13-23(20)2)18(26)7-10-25-17-6-4-3-5-16(17)21-19(25)27/h3-6H,7-15H2,1-2H3,(H,21,27). The molecule has 0 atom stereocenters. The van der Waals surface area contributed by atoms with E-state index in [-0.39, 0.29) is 17.1 Å². The second-order valence-electron chi connectivity index (χ2n) is 8.11. The number of carbonyl (C=O) groups is 1. The number of likely N-dealkylation sites (tertiary alicyclic amines) is 1. The van der Waals surface area contributed by atoms with Crippen molar-refractivity contribution in [1.82, 2.24) is 24.3 Å². The zero-order chi connectivity index (χ0) is 19.0. The fraction of sp³-hybridized carbons (Fsp3) is 0.600. The Morgan fingerprint density at radius 1 is 1.11 bits per heavy atom. The van der Waals surface area contributed by atoms with E-state index in [4.69, 9.17) is 0 Å². The second-order valence-corrected chi connectivity index (χ2v) is 8.11. The van der Waals surface area contributed by atoms with Crippen molar-refractivity contribution in [3.63, 3.8) is 0 Å². The molecule has 1 spiro atoms. The fourth-order valence-electron chi connectivity index (χ4n) is 4.54. The Kier molecular flexibility index (Phi) is 4.82.